The van der Waals surface area contributed by atoms with Crippen molar-refractivity contribution in [3.05, 3.63) is 0 Å². The minimum absolute atomic E-state index is 0.00143. The number of nitrogens with zero attached hydrogens (tertiary/aromatic N) is 1. The van der Waals surface area contributed by atoms with Crippen molar-refractivity contribution in [3.8, 4) is 0 Å². The molecule has 12 N–H and O–H groups in total. The van der Waals surface area contributed by atoms with Crippen molar-refractivity contribution in [2.75, 3.05) is 19.6 Å². The Morgan fingerprint density at radius 2 is 1.50 bits per heavy atom. The number of carboxylic acids is 1. The summed E-state index contributed by atoms with van der Waals surface area (Å²) in [4.78, 5) is 68.9. The quantitative estimate of drug-likeness (QED) is 0.0429. The molecular formula is C29H55N9O6. The molecule has 1 aliphatic rings. The highest BCUT2D eigenvalue weighted by Gasteiger charge is 2.34. The van der Waals surface area contributed by atoms with E-state index in [9.17, 15) is 29.1 Å². The molecule has 1 saturated heterocycles. The number of nitrogens with two attached hydrogens (primary N) is 3. The minimum atomic E-state index is -1.20. The lowest BCUT2D eigenvalue weighted by Crippen LogP contribution is -2.59. The Labute approximate surface area is 260 Å². The van der Waals surface area contributed by atoms with Gasteiger partial charge in [-0.25, -0.2) is 4.79 Å². The Hall–Kier alpha value is -3.46. The molecule has 0 aromatic rings. The van der Waals surface area contributed by atoms with Crippen LogP contribution in [0.5, 0.6) is 0 Å². The van der Waals surface area contributed by atoms with Crippen LogP contribution in [-0.4, -0.2) is 90.5 Å². The minimum Gasteiger partial charge on any atom is -0.480 e. The number of unbranched alkanes of at least 4 members (excludes halogenated alkanes) is 1. The first-order chi connectivity index (χ1) is 20.8. The van der Waals surface area contributed by atoms with Crippen LogP contribution in [0.15, 0.2) is 4.99 Å². The number of amides is 4. The highest BCUT2D eigenvalue weighted by molar-refractivity contribution is 5.95. The van der Waals surface area contributed by atoms with Crippen molar-refractivity contribution >= 4 is 35.6 Å². The number of aliphatic imine (C=N–C) groups is 1. The largest absolute Gasteiger partial charge is 0.480 e. The smallest absolute Gasteiger partial charge is 0.326 e. The Morgan fingerprint density at radius 3 is 2.05 bits per heavy atom. The van der Waals surface area contributed by atoms with Crippen molar-refractivity contribution < 1.29 is 29.1 Å². The second kappa shape index (κ2) is 20.5. The maximum absolute atomic E-state index is 13.6. The zero-order valence-electron chi connectivity index (χ0n) is 26.7. The molecule has 0 unspecified atom stereocenters. The van der Waals surface area contributed by atoms with E-state index >= 15 is 0 Å². The molecule has 0 aromatic heterocycles. The summed E-state index contributed by atoms with van der Waals surface area (Å²) in [6.45, 7) is 8.87. The predicted octanol–water partition coefficient (Wildman–Crippen LogP) is -0.963. The van der Waals surface area contributed by atoms with Gasteiger partial charge in [-0.15, -0.1) is 0 Å². The van der Waals surface area contributed by atoms with Gasteiger partial charge in [0.1, 0.15) is 24.2 Å². The molecule has 0 aliphatic carbocycles. The normalized spacial score (nSPS) is 17.9. The summed E-state index contributed by atoms with van der Waals surface area (Å²) < 4.78 is 0. The molecule has 1 rings (SSSR count). The van der Waals surface area contributed by atoms with Crippen LogP contribution in [0.2, 0.25) is 0 Å². The molecule has 15 nitrogen and oxygen atoms in total. The van der Waals surface area contributed by atoms with Gasteiger partial charge in [0.25, 0.3) is 0 Å². The van der Waals surface area contributed by atoms with Gasteiger partial charge in [-0.2, -0.15) is 0 Å². The molecule has 1 fully saturated rings. The highest BCUT2D eigenvalue weighted by Crippen LogP contribution is 2.13. The Kier molecular flexibility index (Phi) is 18.0. The van der Waals surface area contributed by atoms with Gasteiger partial charge in [-0.05, 0) is 76.3 Å². The van der Waals surface area contributed by atoms with E-state index in [2.05, 4.69) is 31.6 Å². The predicted molar refractivity (Wildman–Crippen MR) is 168 cm³/mol. The summed E-state index contributed by atoms with van der Waals surface area (Å²) in [6.07, 6.45) is 4.15. The van der Waals surface area contributed by atoms with Gasteiger partial charge < -0.3 is 48.9 Å². The number of nitrogens with one attached hydrogen (secondary N) is 5. The topological polar surface area (TPSA) is 256 Å². The lowest BCUT2D eigenvalue weighted by molar-refractivity contribution is -0.142. The summed E-state index contributed by atoms with van der Waals surface area (Å²) in [5.74, 6) is -3.55. The van der Waals surface area contributed by atoms with E-state index < -0.39 is 47.9 Å². The SMILES string of the molecule is CC[C@H](C)[C@H](NC(=O)[C@@H]1CCCN1)C(=O)N[C@@H](CC(C)C)C(=O)N[C@@H](CCCN=C(N)N)C(=O)N[C@@H](CCCCN)C(=O)O. The number of guanidine groups is 1. The van der Waals surface area contributed by atoms with Gasteiger partial charge in [0.05, 0.1) is 6.04 Å². The molecule has 6 atom stereocenters. The molecule has 1 aliphatic heterocycles. The first kappa shape index (κ1) is 38.6. The number of rotatable bonds is 21. The molecule has 1 heterocycles. The Bertz CT molecular complexity index is 967. The Morgan fingerprint density at radius 1 is 0.886 bits per heavy atom. The molecule has 44 heavy (non-hydrogen) atoms. The second-order valence-corrected chi connectivity index (χ2v) is 11.9. The summed E-state index contributed by atoms with van der Waals surface area (Å²) in [6, 6.07) is -4.51. The first-order valence-electron chi connectivity index (χ1n) is 15.7. The number of carboxylic acid groups (broad SMARTS) is 1. The fourth-order valence-corrected chi connectivity index (χ4v) is 4.90. The van der Waals surface area contributed by atoms with Crippen LogP contribution in [-0.2, 0) is 24.0 Å². The standard InChI is InChI=1S/C29H55N9O6/c1-5-18(4)23(38-24(39)19-11-8-14-33-19)27(42)37-22(16-17(2)3)26(41)35-20(12-9-15-34-29(31)32)25(40)36-21(28(43)44)10-6-7-13-30/h17-23,33H,5-16,30H2,1-4H3,(H,35,41)(H,36,40)(H,37,42)(H,38,39)(H,43,44)(H4,31,32,34)/t18-,19-,20-,21-,22-,23-/m0/s1. The number of aliphatic carboxylic acids is 1. The lowest BCUT2D eigenvalue weighted by atomic mass is 9.96. The van der Waals surface area contributed by atoms with Crippen molar-refractivity contribution in [1.29, 1.82) is 0 Å². The molecule has 0 spiro atoms. The van der Waals surface area contributed by atoms with E-state index in [0.29, 0.717) is 38.6 Å². The molecule has 0 radical (unpaired) electrons. The average molecular weight is 626 g/mol. The average Bonchev–Trinajstić information content (AvgIpc) is 3.50. The number of carbonyl (C=O) groups is 5. The van der Waals surface area contributed by atoms with E-state index in [1.54, 1.807) is 0 Å². The molecule has 15 heteroatoms. The van der Waals surface area contributed by atoms with E-state index in [0.717, 1.165) is 13.0 Å². The summed E-state index contributed by atoms with van der Waals surface area (Å²) in [5.41, 5.74) is 16.3. The van der Waals surface area contributed by atoms with Gasteiger partial charge in [-0.3, -0.25) is 24.2 Å². The molecule has 252 valence electrons. The van der Waals surface area contributed by atoms with Crippen LogP contribution < -0.4 is 43.8 Å². The number of carbonyl (C=O) groups excluding carboxylic acids is 4. The highest BCUT2D eigenvalue weighted by atomic mass is 16.4. The third kappa shape index (κ3) is 14.3. The van der Waals surface area contributed by atoms with Crippen LogP contribution in [0, 0.1) is 11.8 Å². The monoisotopic (exact) mass is 625 g/mol. The first-order valence-corrected chi connectivity index (χ1v) is 15.7. The summed E-state index contributed by atoms with van der Waals surface area (Å²) in [5, 5.41) is 23.6. The summed E-state index contributed by atoms with van der Waals surface area (Å²) >= 11 is 0. The number of hydrogen-bond acceptors (Lipinski definition) is 8. The van der Waals surface area contributed by atoms with E-state index in [4.69, 9.17) is 17.2 Å². The lowest BCUT2D eigenvalue weighted by Gasteiger charge is -2.29. The van der Waals surface area contributed by atoms with Gasteiger partial charge in [-0.1, -0.05) is 34.1 Å². The third-order valence-corrected chi connectivity index (χ3v) is 7.65. The van der Waals surface area contributed by atoms with Crippen LogP contribution in [0.4, 0.5) is 0 Å². The van der Waals surface area contributed by atoms with Crippen LogP contribution in [0.1, 0.15) is 85.5 Å². The van der Waals surface area contributed by atoms with E-state index in [1.807, 2.05) is 27.7 Å². The van der Waals surface area contributed by atoms with Gasteiger partial charge in [0, 0.05) is 6.54 Å². The zero-order chi connectivity index (χ0) is 33.2. The zero-order valence-corrected chi connectivity index (χ0v) is 26.7. The van der Waals surface area contributed by atoms with Crippen LogP contribution >= 0.6 is 0 Å². The second-order valence-electron chi connectivity index (χ2n) is 11.9. The van der Waals surface area contributed by atoms with Gasteiger partial charge in [0.15, 0.2) is 5.96 Å². The fourth-order valence-electron chi connectivity index (χ4n) is 4.90. The molecular weight excluding hydrogens is 570 g/mol. The maximum atomic E-state index is 13.6. The summed E-state index contributed by atoms with van der Waals surface area (Å²) in [7, 11) is 0. The van der Waals surface area contributed by atoms with E-state index in [1.165, 1.54) is 0 Å². The van der Waals surface area contributed by atoms with Gasteiger partial charge >= 0.3 is 5.97 Å². The molecule has 0 saturated carbocycles. The number of hydrogen-bond donors (Lipinski definition) is 9. The molecule has 0 bridgehead atoms. The van der Waals surface area contributed by atoms with Crippen LogP contribution in [0.25, 0.3) is 0 Å². The van der Waals surface area contributed by atoms with Crippen molar-refractivity contribution in [2.24, 2.45) is 34.0 Å². The molecule has 4 amide bonds. The molecule has 0 aromatic carbocycles. The fraction of sp³-hybridized carbons (Fsp3) is 0.793. The Balaban J connectivity index is 3.12. The third-order valence-electron chi connectivity index (χ3n) is 7.65. The van der Waals surface area contributed by atoms with Crippen LogP contribution in [0.3, 0.4) is 0 Å². The van der Waals surface area contributed by atoms with E-state index in [-0.39, 0.29) is 55.6 Å². The van der Waals surface area contributed by atoms with Gasteiger partial charge in [0.2, 0.25) is 23.6 Å². The van der Waals surface area contributed by atoms with Crippen molar-refractivity contribution in [2.45, 2.75) is 116 Å². The maximum Gasteiger partial charge on any atom is 0.326 e. The van der Waals surface area contributed by atoms with Crippen molar-refractivity contribution in [1.82, 2.24) is 26.6 Å². The van der Waals surface area contributed by atoms with Crippen molar-refractivity contribution in [3.63, 3.8) is 0 Å².